The number of anilines is 1. The number of esters is 1. The second-order valence-electron chi connectivity index (χ2n) is 6.31. The van der Waals surface area contributed by atoms with Crippen LogP contribution in [0.3, 0.4) is 0 Å². The normalized spacial score (nSPS) is 10.5. The molecule has 2 aromatic heterocycles. The van der Waals surface area contributed by atoms with E-state index in [9.17, 15) is 9.59 Å². The first-order valence-electron chi connectivity index (χ1n) is 9.15. The van der Waals surface area contributed by atoms with E-state index in [-0.39, 0.29) is 36.3 Å². The predicted molar refractivity (Wildman–Crippen MR) is 106 cm³/mol. The molecule has 4 aromatic rings. The van der Waals surface area contributed by atoms with E-state index in [2.05, 4.69) is 15.5 Å². The first-order valence-corrected chi connectivity index (χ1v) is 9.15. The van der Waals surface area contributed by atoms with Crippen molar-refractivity contribution in [3.8, 4) is 11.7 Å². The molecule has 1 N–H and O–H groups in total. The number of para-hydroxylation sites is 1. The molecule has 0 radical (unpaired) electrons. The minimum Gasteiger partial charge on any atom is -0.459 e. The minimum absolute atomic E-state index is 0.125. The lowest BCUT2D eigenvalue weighted by Gasteiger charge is -2.10. The van der Waals surface area contributed by atoms with Gasteiger partial charge in [-0.3, -0.25) is 4.79 Å². The van der Waals surface area contributed by atoms with Crippen molar-refractivity contribution in [2.45, 2.75) is 13.0 Å². The van der Waals surface area contributed by atoms with Crippen LogP contribution in [0.15, 0.2) is 81.8 Å². The molecule has 0 fully saturated rings. The maximum absolute atomic E-state index is 12.5. The van der Waals surface area contributed by atoms with E-state index < -0.39 is 5.97 Å². The first kappa shape index (κ1) is 19.1. The molecule has 30 heavy (non-hydrogen) atoms. The van der Waals surface area contributed by atoms with Crippen molar-refractivity contribution in [1.29, 1.82) is 0 Å². The van der Waals surface area contributed by atoms with Gasteiger partial charge in [-0.25, -0.2) is 4.79 Å². The van der Waals surface area contributed by atoms with Crippen molar-refractivity contribution in [3.05, 3.63) is 90.0 Å². The number of ether oxygens (including phenoxy) is 1. The topological polar surface area (TPSA) is 107 Å². The Morgan fingerprint density at radius 1 is 0.933 bits per heavy atom. The van der Waals surface area contributed by atoms with Gasteiger partial charge < -0.3 is 18.9 Å². The molecule has 4 rings (SSSR count). The number of nitrogens with zero attached hydrogens (tertiary/aromatic N) is 2. The number of aromatic nitrogens is 2. The Bertz CT molecular complexity index is 1140. The number of carbonyl (C=O) groups is 2. The lowest BCUT2D eigenvalue weighted by Crippen LogP contribution is -2.17. The molecule has 8 nitrogen and oxygen atoms in total. The standard InChI is InChI=1S/C22H17N3O5/c26-19(13-15-7-2-1-3-8-15)23-17-10-5-4-9-16(17)22(27)29-14-20-24-25-21(30-20)18-11-6-12-28-18/h1-12H,13-14H2,(H,23,26). The van der Waals surface area contributed by atoms with E-state index in [1.165, 1.54) is 6.26 Å². The van der Waals surface area contributed by atoms with E-state index >= 15 is 0 Å². The molecule has 150 valence electrons. The zero-order valence-corrected chi connectivity index (χ0v) is 15.8. The number of benzene rings is 2. The number of furan rings is 1. The number of hydrogen-bond donors (Lipinski definition) is 1. The summed E-state index contributed by atoms with van der Waals surface area (Å²) in [6, 6.07) is 19.3. The van der Waals surface area contributed by atoms with Crippen molar-refractivity contribution in [2.24, 2.45) is 0 Å². The fourth-order valence-electron chi connectivity index (χ4n) is 2.76. The van der Waals surface area contributed by atoms with Gasteiger partial charge in [0.05, 0.1) is 23.9 Å². The summed E-state index contributed by atoms with van der Waals surface area (Å²) < 4.78 is 15.9. The molecule has 0 bridgehead atoms. The Labute approximate surface area is 171 Å². The first-order chi connectivity index (χ1) is 14.7. The Hall–Kier alpha value is -4.20. The van der Waals surface area contributed by atoms with Crippen LogP contribution in [-0.2, 0) is 22.6 Å². The van der Waals surface area contributed by atoms with Gasteiger partial charge in [-0.1, -0.05) is 42.5 Å². The summed E-state index contributed by atoms with van der Waals surface area (Å²) in [6.07, 6.45) is 1.68. The molecule has 2 aromatic carbocycles. The summed E-state index contributed by atoms with van der Waals surface area (Å²) in [6.45, 7) is -0.209. The molecule has 0 atom stereocenters. The predicted octanol–water partition coefficient (Wildman–Crippen LogP) is 3.87. The third kappa shape index (κ3) is 4.61. The van der Waals surface area contributed by atoms with E-state index in [1.54, 1.807) is 36.4 Å². The molecule has 0 aliphatic heterocycles. The van der Waals surface area contributed by atoms with Gasteiger partial charge in [-0.05, 0) is 29.8 Å². The van der Waals surface area contributed by atoms with Crippen LogP contribution in [0.25, 0.3) is 11.7 Å². The fourth-order valence-corrected chi connectivity index (χ4v) is 2.76. The second-order valence-corrected chi connectivity index (χ2v) is 6.31. The van der Waals surface area contributed by atoms with Gasteiger partial charge in [0.25, 0.3) is 11.8 Å². The van der Waals surface area contributed by atoms with Crippen molar-refractivity contribution in [1.82, 2.24) is 10.2 Å². The SMILES string of the molecule is O=C(Cc1ccccc1)Nc1ccccc1C(=O)OCc1nnc(-c2ccco2)o1. The van der Waals surface area contributed by atoms with E-state index in [4.69, 9.17) is 13.6 Å². The molecular weight excluding hydrogens is 386 g/mol. The van der Waals surface area contributed by atoms with Crippen LogP contribution in [0, 0.1) is 0 Å². The molecular formula is C22H17N3O5. The van der Waals surface area contributed by atoms with Crippen LogP contribution in [0.1, 0.15) is 21.8 Å². The Kier molecular flexibility index (Phi) is 5.66. The lowest BCUT2D eigenvalue weighted by atomic mass is 10.1. The van der Waals surface area contributed by atoms with E-state index in [1.807, 2.05) is 30.3 Å². The van der Waals surface area contributed by atoms with Crippen LogP contribution in [0.4, 0.5) is 5.69 Å². The molecule has 8 heteroatoms. The van der Waals surface area contributed by atoms with Crippen molar-refractivity contribution < 1.29 is 23.2 Å². The number of amides is 1. The summed E-state index contributed by atoms with van der Waals surface area (Å²) in [5.41, 5.74) is 1.47. The summed E-state index contributed by atoms with van der Waals surface area (Å²) in [4.78, 5) is 24.9. The Morgan fingerprint density at radius 3 is 2.53 bits per heavy atom. The van der Waals surface area contributed by atoms with Crippen LogP contribution in [0.5, 0.6) is 0 Å². The van der Waals surface area contributed by atoms with Crippen molar-refractivity contribution in [2.75, 3.05) is 5.32 Å². The number of carbonyl (C=O) groups excluding carboxylic acids is 2. The van der Waals surface area contributed by atoms with Gasteiger partial charge in [0.15, 0.2) is 12.4 Å². The average molecular weight is 403 g/mol. The van der Waals surface area contributed by atoms with Crippen LogP contribution >= 0.6 is 0 Å². The lowest BCUT2D eigenvalue weighted by molar-refractivity contribution is -0.115. The third-order valence-electron chi connectivity index (χ3n) is 4.15. The molecule has 0 unspecified atom stereocenters. The van der Waals surface area contributed by atoms with Gasteiger partial charge in [-0.2, -0.15) is 0 Å². The Balaban J connectivity index is 1.39. The van der Waals surface area contributed by atoms with E-state index in [0.717, 1.165) is 5.56 Å². The van der Waals surface area contributed by atoms with Crippen LogP contribution in [-0.4, -0.2) is 22.1 Å². The molecule has 0 spiro atoms. The third-order valence-corrected chi connectivity index (χ3v) is 4.15. The van der Waals surface area contributed by atoms with Crippen molar-refractivity contribution in [3.63, 3.8) is 0 Å². The monoisotopic (exact) mass is 403 g/mol. The zero-order valence-electron chi connectivity index (χ0n) is 15.8. The highest BCUT2D eigenvalue weighted by atomic mass is 16.5. The molecule has 0 saturated carbocycles. The number of hydrogen-bond acceptors (Lipinski definition) is 7. The summed E-state index contributed by atoms with van der Waals surface area (Å²) in [5, 5.41) is 10.4. The van der Waals surface area contributed by atoms with Crippen LogP contribution < -0.4 is 5.32 Å². The molecule has 0 aliphatic rings. The summed E-state index contributed by atoms with van der Waals surface area (Å²) in [5.74, 6) is -0.115. The highest BCUT2D eigenvalue weighted by Crippen LogP contribution is 2.20. The quantitative estimate of drug-likeness (QED) is 0.467. The maximum atomic E-state index is 12.5. The summed E-state index contributed by atoms with van der Waals surface area (Å²) in [7, 11) is 0. The Morgan fingerprint density at radius 2 is 1.73 bits per heavy atom. The van der Waals surface area contributed by atoms with E-state index in [0.29, 0.717) is 11.4 Å². The number of nitrogens with one attached hydrogen (secondary N) is 1. The van der Waals surface area contributed by atoms with Gasteiger partial charge in [0, 0.05) is 0 Å². The van der Waals surface area contributed by atoms with Crippen LogP contribution in [0.2, 0.25) is 0 Å². The summed E-state index contributed by atoms with van der Waals surface area (Å²) >= 11 is 0. The number of rotatable bonds is 7. The highest BCUT2D eigenvalue weighted by Gasteiger charge is 2.17. The van der Waals surface area contributed by atoms with Gasteiger partial charge >= 0.3 is 5.97 Å². The van der Waals surface area contributed by atoms with Gasteiger partial charge in [0.1, 0.15) is 0 Å². The maximum Gasteiger partial charge on any atom is 0.340 e. The second kappa shape index (κ2) is 8.87. The molecule has 1 amide bonds. The van der Waals surface area contributed by atoms with Gasteiger partial charge in [-0.15, -0.1) is 10.2 Å². The zero-order chi connectivity index (χ0) is 20.8. The minimum atomic E-state index is -0.622. The highest BCUT2D eigenvalue weighted by molar-refractivity contribution is 6.01. The molecule has 0 aliphatic carbocycles. The van der Waals surface area contributed by atoms with Crippen molar-refractivity contribution >= 4 is 17.6 Å². The molecule has 2 heterocycles. The average Bonchev–Trinajstić information content (AvgIpc) is 3.45. The van der Waals surface area contributed by atoms with Gasteiger partial charge in [0.2, 0.25) is 5.91 Å². The fraction of sp³-hybridized carbons (Fsp3) is 0.0909. The largest absolute Gasteiger partial charge is 0.459 e. The smallest absolute Gasteiger partial charge is 0.340 e. The molecule has 0 saturated heterocycles.